The van der Waals surface area contributed by atoms with E-state index in [1.807, 2.05) is 24.3 Å². The second-order valence-corrected chi connectivity index (χ2v) is 6.52. The molecule has 3 rings (SSSR count). The highest BCUT2D eigenvalue weighted by atomic mass is 15.2. The minimum absolute atomic E-state index is 0.294. The van der Waals surface area contributed by atoms with Crippen molar-refractivity contribution in [2.75, 3.05) is 10.6 Å². The molecule has 0 amide bonds. The Bertz CT molecular complexity index is 857. The fraction of sp³-hybridized carbons (Fsp3) is 0.286. The molecule has 0 aliphatic rings. The second-order valence-electron chi connectivity index (χ2n) is 6.52. The first kappa shape index (κ1) is 17.9. The van der Waals surface area contributed by atoms with Crippen LogP contribution in [0.15, 0.2) is 48.7 Å². The van der Waals surface area contributed by atoms with Crippen LogP contribution in [0.3, 0.4) is 0 Å². The van der Waals surface area contributed by atoms with Gasteiger partial charge in [-0.2, -0.15) is 4.98 Å². The standard InChI is InChI=1S/C21H25N5/c1-5-16(4)23-21-24-18(17-11-6-7-12-22-17)13-19(26-21)25-20-14(2)9-8-10-15(20)3/h6-13,16H,5H2,1-4H3,(H2,23,24,25,26)/t16-/m1/s1. The van der Waals surface area contributed by atoms with Gasteiger partial charge in [0, 0.05) is 24.0 Å². The Balaban J connectivity index is 2.02. The maximum Gasteiger partial charge on any atom is 0.225 e. The van der Waals surface area contributed by atoms with Gasteiger partial charge in [-0.1, -0.05) is 31.2 Å². The number of nitrogens with one attached hydrogen (secondary N) is 2. The van der Waals surface area contributed by atoms with Gasteiger partial charge in [0.1, 0.15) is 5.82 Å². The Hall–Kier alpha value is -2.95. The van der Waals surface area contributed by atoms with Gasteiger partial charge < -0.3 is 10.6 Å². The second kappa shape index (κ2) is 7.95. The average molecular weight is 347 g/mol. The number of hydrogen-bond acceptors (Lipinski definition) is 5. The first-order chi connectivity index (χ1) is 12.6. The van der Waals surface area contributed by atoms with E-state index in [0.29, 0.717) is 12.0 Å². The number of para-hydroxylation sites is 1. The summed E-state index contributed by atoms with van der Waals surface area (Å²) < 4.78 is 0. The maximum absolute atomic E-state index is 4.66. The first-order valence-corrected chi connectivity index (χ1v) is 8.97. The highest BCUT2D eigenvalue weighted by Gasteiger charge is 2.11. The molecule has 0 spiro atoms. The number of hydrogen-bond donors (Lipinski definition) is 2. The molecule has 0 unspecified atom stereocenters. The van der Waals surface area contributed by atoms with Crippen molar-refractivity contribution in [2.24, 2.45) is 0 Å². The van der Waals surface area contributed by atoms with Crippen molar-refractivity contribution in [2.45, 2.75) is 40.2 Å². The van der Waals surface area contributed by atoms with Crippen LogP contribution in [0.1, 0.15) is 31.4 Å². The predicted octanol–water partition coefficient (Wildman–Crippen LogP) is 5.11. The summed E-state index contributed by atoms with van der Waals surface area (Å²) in [5.41, 5.74) is 5.05. The van der Waals surface area contributed by atoms with E-state index in [4.69, 9.17) is 0 Å². The molecule has 0 radical (unpaired) electrons. The Morgan fingerprint density at radius 3 is 2.38 bits per heavy atom. The molecule has 0 bridgehead atoms. The zero-order chi connectivity index (χ0) is 18.5. The van der Waals surface area contributed by atoms with E-state index in [1.54, 1.807) is 6.20 Å². The minimum atomic E-state index is 0.294. The first-order valence-electron chi connectivity index (χ1n) is 8.97. The summed E-state index contributed by atoms with van der Waals surface area (Å²) in [6.45, 7) is 8.44. The minimum Gasteiger partial charge on any atom is -0.352 e. The Morgan fingerprint density at radius 2 is 1.73 bits per heavy atom. The van der Waals surface area contributed by atoms with Gasteiger partial charge in [0.25, 0.3) is 0 Å². The predicted molar refractivity (Wildman–Crippen MR) is 108 cm³/mol. The van der Waals surface area contributed by atoms with Gasteiger partial charge in [0.15, 0.2) is 0 Å². The summed E-state index contributed by atoms with van der Waals surface area (Å²) in [6.07, 6.45) is 2.77. The molecule has 2 heterocycles. The fourth-order valence-corrected chi connectivity index (χ4v) is 2.68. The summed E-state index contributed by atoms with van der Waals surface area (Å²) in [5, 5.41) is 6.83. The van der Waals surface area contributed by atoms with E-state index in [-0.39, 0.29) is 0 Å². The van der Waals surface area contributed by atoms with E-state index in [9.17, 15) is 0 Å². The van der Waals surface area contributed by atoms with Gasteiger partial charge in [-0.25, -0.2) is 4.98 Å². The lowest BCUT2D eigenvalue weighted by Gasteiger charge is -2.16. The molecule has 26 heavy (non-hydrogen) atoms. The van der Waals surface area contributed by atoms with E-state index >= 15 is 0 Å². The van der Waals surface area contributed by atoms with Crippen molar-refractivity contribution in [3.63, 3.8) is 0 Å². The van der Waals surface area contributed by atoms with Crippen molar-refractivity contribution >= 4 is 17.5 Å². The van der Waals surface area contributed by atoms with Gasteiger partial charge in [-0.15, -0.1) is 0 Å². The van der Waals surface area contributed by atoms with Gasteiger partial charge >= 0.3 is 0 Å². The summed E-state index contributed by atoms with van der Waals surface area (Å²) in [4.78, 5) is 13.7. The zero-order valence-electron chi connectivity index (χ0n) is 15.7. The molecule has 0 saturated heterocycles. The molecule has 3 aromatic rings. The van der Waals surface area contributed by atoms with Crippen molar-refractivity contribution in [1.29, 1.82) is 0 Å². The molecular weight excluding hydrogens is 322 g/mol. The summed E-state index contributed by atoms with van der Waals surface area (Å²) in [7, 11) is 0. The van der Waals surface area contributed by atoms with Gasteiger partial charge in [0.05, 0.1) is 11.4 Å². The normalized spacial score (nSPS) is 11.8. The lowest BCUT2D eigenvalue weighted by Crippen LogP contribution is -2.16. The Kier molecular flexibility index (Phi) is 5.46. The largest absolute Gasteiger partial charge is 0.352 e. The number of aryl methyl sites for hydroxylation is 2. The van der Waals surface area contributed by atoms with Crippen LogP contribution in [0, 0.1) is 13.8 Å². The highest BCUT2D eigenvalue weighted by molar-refractivity contribution is 5.68. The molecule has 2 aromatic heterocycles. The quantitative estimate of drug-likeness (QED) is 0.649. The maximum atomic E-state index is 4.66. The van der Waals surface area contributed by atoms with Crippen LogP contribution < -0.4 is 10.6 Å². The van der Waals surface area contributed by atoms with E-state index < -0.39 is 0 Å². The smallest absolute Gasteiger partial charge is 0.225 e. The van der Waals surface area contributed by atoms with Crippen LogP contribution in [-0.2, 0) is 0 Å². The lowest BCUT2D eigenvalue weighted by molar-refractivity contribution is 0.753. The number of nitrogens with zero attached hydrogens (tertiary/aromatic N) is 3. The molecule has 0 aliphatic heterocycles. The number of pyridine rings is 1. The third kappa shape index (κ3) is 4.17. The molecule has 134 valence electrons. The van der Waals surface area contributed by atoms with Crippen LogP contribution in [0.25, 0.3) is 11.4 Å². The van der Waals surface area contributed by atoms with Crippen LogP contribution in [0.4, 0.5) is 17.5 Å². The molecular formula is C21H25N5. The molecule has 2 N–H and O–H groups in total. The van der Waals surface area contributed by atoms with Crippen LogP contribution in [-0.4, -0.2) is 21.0 Å². The van der Waals surface area contributed by atoms with Gasteiger partial charge in [-0.05, 0) is 50.5 Å². The van der Waals surface area contributed by atoms with Gasteiger partial charge in [0.2, 0.25) is 5.95 Å². The van der Waals surface area contributed by atoms with Crippen LogP contribution >= 0.6 is 0 Å². The monoisotopic (exact) mass is 347 g/mol. The molecule has 5 nitrogen and oxygen atoms in total. The molecule has 0 aliphatic carbocycles. The molecule has 0 saturated carbocycles. The molecule has 1 aromatic carbocycles. The summed E-state index contributed by atoms with van der Waals surface area (Å²) in [6, 6.07) is 14.3. The molecule has 1 atom stereocenters. The number of aromatic nitrogens is 3. The SMILES string of the molecule is CC[C@@H](C)Nc1nc(Nc2c(C)cccc2C)cc(-c2ccccn2)n1. The highest BCUT2D eigenvalue weighted by Crippen LogP contribution is 2.26. The number of anilines is 3. The molecule has 0 fully saturated rings. The van der Waals surface area contributed by atoms with Crippen LogP contribution in [0.2, 0.25) is 0 Å². The van der Waals surface area contributed by atoms with E-state index in [2.05, 4.69) is 71.5 Å². The van der Waals surface area contributed by atoms with Crippen molar-refractivity contribution in [3.8, 4) is 11.4 Å². The van der Waals surface area contributed by atoms with Crippen molar-refractivity contribution in [3.05, 3.63) is 59.8 Å². The van der Waals surface area contributed by atoms with Crippen molar-refractivity contribution in [1.82, 2.24) is 15.0 Å². The van der Waals surface area contributed by atoms with E-state index in [0.717, 1.165) is 29.3 Å². The van der Waals surface area contributed by atoms with Crippen molar-refractivity contribution < 1.29 is 0 Å². The lowest BCUT2D eigenvalue weighted by atomic mass is 10.1. The number of benzene rings is 1. The number of rotatable bonds is 6. The average Bonchev–Trinajstić information content (AvgIpc) is 2.65. The summed E-state index contributed by atoms with van der Waals surface area (Å²) >= 11 is 0. The fourth-order valence-electron chi connectivity index (χ4n) is 2.68. The van der Waals surface area contributed by atoms with Gasteiger partial charge in [-0.3, -0.25) is 4.98 Å². The third-order valence-corrected chi connectivity index (χ3v) is 4.38. The topological polar surface area (TPSA) is 62.7 Å². The zero-order valence-corrected chi connectivity index (χ0v) is 15.7. The molecule has 5 heteroatoms. The third-order valence-electron chi connectivity index (χ3n) is 4.38. The Labute approximate surface area is 154 Å². The summed E-state index contributed by atoms with van der Waals surface area (Å²) in [5.74, 6) is 1.36. The van der Waals surface area contributed by atoms with Crippen LogP contribution in [0.5, 0.6) is 0 Å². The van der Waals surface area contributed by atoms with E-state index in [1.165, 1.54) is 11.1 Å². The Morgan fingerprint density at radius 1 is 0.962 bits per heavy atom.